The van der Waals surface area contributed by atoms with Gasteiger partial charge in [-0.2, -0.15) is 4.91 Å². The van der Waals surface area contributed by atoms with Crippen LogP contribution in [-0.2, 0) is 14.3 Å². The van der Waals surface area contributed by atoms with Crippen LogP contribution < -0.4 is 5.32 Å². The molecule has 1 atom stereocenters. The van der Waals surface area contributed by atoms with E-state index in [-0.39, 0.29) is 6.61 Å². The molecule has 0 spiro atoms. The van der Waals surface area contributed by atoms with Crippen molar-refractivity contribution in [3.05, 3.63) is 47.4 Å². The molecule has 25 heavy (non-hydrogen) atoms. The predicted molar refractivity (Wildman–Crippen MR) is 89.9 cm³/mol. The summed E-state index contributed by atoms with van der Waals surface area (Å²) in [6, 6.07) is 4.92. The Kier molecular flexibility index (Phi) is 7.77. The molecule has 1 aromatic rings. The third-order valence-electron chi connectivity index (χ3n) is 3.11. The lowest BCUT2D eigenvalue weighted by Crippen LogP contribution is -2.43. The highest BCUT2D eigenvalue weighted by molar-refractivity contribution is 6.01. The van der Waals surface area contributed by atoms with Gasteiger partial charge in [0.1, 0.15) is 19.2 Å². The Morgan fingerprint density at radius 2 is 1.96 bits per heavy atom. The second kappa shape index (κ2) is 9.81. The number of carbonyl (C=O) groups is 3. The van der Waals surface area contributed by atoms with Crippen LogP contribution in [0.5, 0.6) is 0 Å². The molecule has 0 aliphatic carbocycles. The number of nitrogens with one attached hydrogen (secondary N) is 1. The summed E-state index contributed by atoms with van der Waals surface area (Å²) in [5.74, 6) is -0.785. The molecular weight excluding hydrogens is 330 g/mol. The fraction of sp³-hybridized carbons (Fsp3) is 0.312. The number of ether oxygens (including phenoxy) is 2. The number of urea groups is 1. The third kappa shape index (κ3) is 6.05. The number of anilines is 1. The summed E-state index contributed by atoms with van der Waals surface area (Å²) in [6.45, 7) is 4.30. The zero-order valence-electron chi connectivity index (χ0n) is 13.9. The maximum Gasteiger partial charge on any atom is 0.418 e. The lowest BCUT2D eigenvalue weighted by atomic mass is 10.1. The van der Waals surface area contributed by atoms with Crippen molar-refractivity contribution in [2.24, 2.45) is 5.18 Å². The normalized spacial score (nSPS) is 11.0. The Labute approximate surface area is 144 Å². The number of methoxy groups -OCH3 is 1. The topological polar surface area (TPSA) is 114 Å². The van der Waals surface area contributed by atoms with E-state index in [1.165, 1.54) is 6.08 Å². The van der Waals surface area contributed by atoms with E-state index in [2.05, 4.69) is 21.8 Å². The molecule has 1 rings (SSSR count). The number of esters is 1. The molecule has 0 aromatic heterocycles. The van der Waals surface area contributed by atoms with Crippen molar-refractivity contribution in [1.29, 1.82) is 0 Å². The van der Waals surface area contributed by atoms with Gasteiger partial charge in [0.05, 0.1) is 7.11 Å². The molecule has 0 aliphatic heterocycles. The summed E-state index contributed by atoms with van der Waals surface area (Å²) in [7, 11) is 1.13. The van der Waals surface area contributed by atoms with E-state index < -0.39 is 30.7 Å². The number of hydrogen-bond acceptors (Lipinski definition) is 7. The van der Waals surface area contributed by atoms with Crippen molar-refractivity contribution < 1.29 is 23.9 Å². The minimum atomic E-state index is -1.02. The number of nitroso groups, excluding NO2 is 1. The number of benzene rings is 1. The molecule has 134 valence electrons. The summed E-state index contributed by atoms with van der Waals surface area (Å²) in [6.07, 6.45) is 0.311. The van der Waals surface area contributed by atoms with Gasteiger partial charge in [0.25, 0.3) is 0 Å². The first-order valence-electron chi connectivity index (χ1n) is 7.28. The van der Waals surface area contributed by atoms with E-state index >= 15 is 0 Å². The Bertz CT molecular complexity index is 644. The average molecular weight is 349 g/mol. The van der Waals surface area contributed by atoms with E-state index in [0.717, 1.165) is 7.11 Å². The second-order valence-corrected chi connectivity index (χ2v) is 4.86. The summed E-state index contributed by atoms with van der Waals surface area (Å²) in [4.78, 5) is 46.7. The van der Waals surface area contributed by atoms with Crippen LogP contribution in [0.2, 0.25) is 0 Å². The molecule has 0 fully saturated rings. The van der Waals surface area contributed by atoms with Crippen LogP contribution in [0.4, 0.5) is 15.3 Å². The minimum Gasteiger partial charge on any atom is -0.468 e. The van der Waals surface area contributed by atoms with Crippen LogP contribution in [0.3, 0.4) is 0 Å². The van der Waals surface area contributed by atoms with Crippen LogP contribution in [0.15, 0.2) is 42.1 Å². The molecule has 0 saturated heterocycles. The van der Waals surface area contributed by atoms with Crippen molar-refractivity contribution in [1.82, 2.24) is 4.90 Å². The molecular formula is C16H19N3O6. The highest BCUT2D eigenvalue weighted by atomic mass is 16.6. The monoisotopic (exact) mass is 349 g/mol. The van der Waals surface area contributed by atoms with Crippen molar-refractivity contribution in [2.45, 2.75) is 13.0 Å². The average Bonchev–Trinajstić information content (AvgIpc) is 2.63. The zero-order chi connectivity index (χ0) is 18.8. The van der Waals surface area contributed by atoms with Crippen LogP contribution >= 0.6 is 0 Å². The standard InChI is InChI=1S/C16H19N3O6/c1-4-9-25-16(22)19(10-14(20)24-3)15(21)17-13-7-5-12(6-8-13)11(2)18-23/h4-8,11H,1,9-10H2,2-3H3,(H,17,21). The van der Waals surface area contributed by atoms with Gasteiger partial charge >= 0.3 is 18.1 Å². The molecule has 0 heterocycles. The van der Waals surface area contributed by atoms with Crippen molar-refractivity contribution in [3.8, 4) is 0 Å². The molecule has 0 bridgehead atoms. The summed E-state index contributed by atoms with van der Waals surface area (Å²) < 4.78 is 9.24. The number of rotatable bonds is 7. The molecule has 0 radical (unpaired) electrons. The van der Waals surface area contributed by atoms with Crippen molar-refractivity contribution in [2.75, 3.05) is 25.6 Å². The number of amides is 3. The van der Waals surface area contributed by atoms with Gasteiger partial charge < -0.3 is 14.8 Å². The smallest absolute Gasteiger partial charge is 0.418 e. The van der Waals surface area contributed by atoms with Gasteiger partial charge in [-0.1, -0.05) is 30.0 Å². The fourth-order valence-corrected chi connectivity index (χ4v) is 1.72. The molecule has 0 saturated carbocycles. The first-order chi connectivity index (χ1) is 11.9. The second-order valence-electron chi connectivity index (χ2n) is 4.86. The van der Waals surface area contributed by atoms with Crippen LogP contribution in [0.25, 0.3) is 0 Å². The van der Waals surface area contributed by atoms with E-state index in [1.807, 2.05) is 0 Å². The van der Waals surface area contributed by atoms with E-state index in [9.17, 15) is 19.3 Å². The zero-order valence-corrected chi connectivity index (χ0v) is 13.9. The molecule has 9 heteroatoms. The third-order valence-corrected chi connectivity index (χ3v) is 3.11. The number of carbonyl (C=O) groups excluding carboxylic acids is 3. The Morgan fingerprint density at radius 3 is 2.48 bits per heavy atom. The highest BCUT2D eigenvalue weighted by Crippen LogP contribution is 2.19. The lowest BCUT2D eigenvalue weighted by Gasteiger charge is -2.19. The Balaban J connectivity index is 2.85. The summed E-state index contributed by atoms with van der Waals surface area (Å²) >= 11 is 0. The first-order valence-corrected chi connectivity index (χ1v) is 7.28. The van der Waals surface area contributed by atoms with Gasteiger partial charge in [0, 0.05) is 5.69 Å². The summed E-state index contributed by atoms with van der Waals surface area (Å²) in [5, 5.41) is 5.36. The van der Waals surface area contributed by atoms with Gasteiger partial charge in [-0.15, -0.1) is 0 Å². The van der Waals surface area contributed by atoms with Crippen LogP contribution in [0, 0.1) is 4.91 Å². The number of imide groups is 1. The number of nitrogens with zero attached hydrogens (tertiary/aromatic N) is 2. The maximum absolute atomic E-state index is 12.3. The van der Waals surface area contributed by atoms with E-state index in [0.29, 0.717) is 16.2 Å². The minimum absolute atomic E-state index is 0.116. The Morgan fingerprint density at radius 1 is 1.32 bits per heavy atom. The van der Waals surface area contributed by atoms with Gasteiger partial charge in [0.2, 0.25) is 0 Å². The van der Waals surface area contributed by atoms with Gasteiger partial charge in [-0.25, -0.2) is 14.5 Å². The quantitative estimate of drug-likeness (QED) is 0.460. The van der Waals surface area contributed by atoms with Crippen LogP contribution in [0.1, 0.15) is 18.5 Å². The van der Waals surface area contributed by atoms with Gasteiger partial charge in [-0.05, 0) is 24.6 Å². The van der Waals surface area contributed by atoms with Crippen molar-refractivity contribution >= 4 is 23.8 Å². The Hall–Kier alpha value is -3.23. The van der Waals surface area contributed by atoms with Gasteiger partial charge in [0.15, 0.2) is 0 Å². The highest BCUT2D eigenvalue weighted by Gasteiger charge is 2.26. The van der Waals surface area contributed by atoms with Crippen LogP contribution in [-0.4, -0.2) is 43.3 Å². The first kappa shape index (κ1) is 19.8. The molecule has 0 aliphatic rings. The molecule has 1 N–H and O–H groups in total. The fourth-order valence-electron chi connectivity index (χ4n) is 1.72. The SMILES string of the molecule is C=CCOC(=O)N(CC(=O)OC)C(=O)Nc1ccc(C(C)N=O)cc1. The van der Waals surface area contributed by atoms with E-state index in [4.69, 9.17) is 4.74 Å². The molecule has 9 nitrogen and oxygen atoms in total. The number of hydrogen-bond donors (Lipinski definition) is 1. The predicted octanol–water partition coefficient (Wildman–Crippen LogP) is 2.84. The maximum atomic E-state index is 12.3. The lowest BCUT2D eigenvalue weighted by molar-refractivity contribution is -0.140. The van der Waals surface area contributed by atoms with Gasteiger partial charge in [-0.3, -0.25) is 4.79 Å². The summed E-state index contributed by atoms with van der Waals surface area (Å²) in [5.41, 5.74) is 1.03. The molecule has 1 aromatic carbocycles. The molecule has 1 unspecified atom stereocenters. The largest absolute Gasteiger partial charge is 0.468 e. The van der Waals surface area contributed by atoms with E-state index in [1.54, 1.807) is 31.2 Å². The van der Waals surface area contributed by atoms with Crippen molar-refractivity contribution in [3.63, 3.8) is 0 Å². The molecule has 3 amide bonds.